The van der Waals surface area contributed by atoms with Crippen molar-refractivity contribution in [2.24, 2.45) is 0 Å². The van der Waals surface area contributed by atoms with Gasteiger partial charge < -0.3 is 14.8 Å². The van der Waals surface area contributed by atoms with Crippen molar-refractivity contribution in [3.8, 4) is 11.6 Å². The van der Waals surface area contributed by atoms with E-state index in [0.717, 1.165) is 5.56 Å². The molecule has 0 fully saturated rings. The Hall–Kier alpha value is -2.14. The van der Waals surface area contributed by atoms with Crippen molar-refractivity contribution in [2.45, 2.75) is 19.5 Å². The highest BCUT2D eigenvalue weighted by atomic mass is 19.1. The number of nitrogens with zero attached hydrogens (tertiary/aromatic N) is 1. The second kappa shape index (κ2) is 7.04. The Morgan fingerprint density at radius 3 is 2.57 bits per heavy atom. The third-order valence-corrected chi connectivity index (χ3v) is 3.29. The quantitative estimate of drug-likeness (QED) is 0.888. The molecule has 1 aromatic carbocycles. The third kappa shape index (κ3) is 3.92. The van der Waals surface area contributed by atoms with E-state index in [-0.39, 0.29) is 11.9 Å². The molecule has 0 amide bonds. The normalized spacial score (nSPS) is 12.0. The molecule has 0 saturated heterocycles. The Kier molecular flexibility index (Phi) is 5.11. The van der Waals surface area contributed by atoms with Gasteiger partial charge in [0.15, 0.2) is 0 Å². The number of aromatic nitrogens is 1. The highest BCUT2D eigenvalue weighted by molar-refractivity contribution is 5.30. The van der Waals surface area contributed by atoms with Gasteiger partial charge in [0.05, 0.1) is 14.2 Å². The van der Waals surface area contributed by atoms with Gasteiger partial charge in [0, 0.05) is 36.5 Å². The fourth-order valence-electron chi connectivity index (χ4n) is 2.00. The third-order valence-electron chi connectivity index (χ3n) is 3.29. The van der Waals surface area contributed by atoms with Crippen LogP contribution < -0.4 is 14.8 Å². The second-order valence-corrected chi connectivity index (χ2v) is 4.70. The van der Waals surface area contributed by atoms with Gasteiger partial charge in [-0.3, -0.25) is 0 Å². The molecule has 21 heavy (non-hydrogen) atoms. The van der Waals surface area contributed by atoms with Crippen LogP contribution in [0.2, 0.25) is 0 Å². The highest BCUT2D eigenvalue weighted by Gasteiger charge is 2.11. The lowest BCUT2D eigenvalue weighted by Crippen LogP contribution is -2.19. The number of rotatable bonds is 6. The van der Waals surface area contributed by atoms with Crippen LogP contribution >= 0.6 is 0 Å². The van der Waals surface area contributed by atoms with Crippen LogP contribution in [0.15, 0.2) is 36.5 Å². The minimum atomic E-state index is -0.276. The summed E-state index contributed by atoms with van der Waals surface area (Å²) in [5, 5.41) is 3.27. The standard InChI is InChI=1S/C16H19FN2O2/c1-11(14-6-5-13(20-2)8-15(14)17)18-9-12-4-7-16(21-3)19-10-12/h4-8,10-11,18H,9H2,1-3H3. The molecule has 0 bridgehead atoms. The Morgan fingerprint density at radius 1 is 1.19 bits per heavy atom. The first kappa shape index (κ1) is 15.3. The molecule has 5 heteroatoms. The van der Waals surface area contributed by atoms with Crippen LogP contribution in [0, 0.1) is 5.82 Å². The molecule has 2 aromatic rings. The van der Waals surface area contributed by atoms with Crippen LogP contribution in [-0.2, 0) is 6.54 Å². The van der Waals surface area contributed by atoms with Crippen LogP contribution in [-0.4, -0.2) is 19.2 Å². The maximum absolute atomic E-state index is 14.0. The fraction of sp³-hybridized carbons (Fsp3) is 0.312. The molecule has 1 N–H and O–H groups in total. The van der Waals surface area contributed by atoms with Crippen molar-refractivity contribution in [3.05, 3.63) is 53.5 Å². The average Bonchev–Trinajstić information content (AvgIpc) is 2.52. The van der Waals surface area contributed by atoms with Crippen LogP contribution in [0.1, 0.15) is 24.1 Å². The summed E-state index contributed by atoms with van der Waals surface area (Å²) in [7, 11) is 3.10. The number of hydrogen-bond donors (Lipinski definition) is 1. The van der Waals surface area contributed by atoms with Crippen LogP contribution in [0.3, 0.4) is 0 Å². The molecule has 1 unspecified atom stereocenters. The smallest absolute Gasteiger partial charge is 0.212 e. The van der Waals surface area contributed by atoms with Gasteiger partial charge in [0.2, 0.25) is 5.88 Å². The maximum Gasteiger partial charge on any atom is 0.212 e. The molecule has 112 valence electrons. The zero-order valence-electron chi connectivity index (χ0n) is 12.4. The van der Waals surface area contributed by atoms with E-state index in [2.05, 4.69) is 10.3 Å². The average molecular weight is 290 g/mol. The van der Waals surface area contributed by atoms with Crippen LogP contribution in [0.25, 0.3) is 0 Å². The molecular formula is C16H19FN2O2. The van der Waals surface area contributed by atoms with Crippen molar-refractivity contribution in [1.29, 1.82) is 0 Å². The van der Waals surface area contributed by atoms with Crippen molar-refractivity contribution in [2.75, 3.05) is 14.2 Å². The molecule has 0 spiro atoms. The number of benzene rings is 1. The summed E-state index contributed by atoms with van der Waals surface area (Å²) in [6, 6.07) is 8.50. The summed E-state index contributed by atoms with van der Waals surface area (Å²) in [6.45, 7) is 2.52. The van der Waals surface area contributed by atoms with Crippen LogP contribution in [0.4, 0.5) is 4.39 Å². The number of halogens is 1. The molecule has 0 aliphatic rings. The summed E-state index contributed by atoms with van der Waals surface area (Å²) in [5.74, 6) is 0.818. The predicted octanol–water partition coefficient (Wildman–Crippen LogP) is 3.09. The molecule has 0 radical (unpaired) electrons. The minimum absolute atomic E-state index is 0.113. The van der Waals surface area contributed by atoms with Gasteiger partial charge >= 0.3 is 0 Å². The fourth-order valence-corrected chi connectivity index (χ4v) is 2.00. The van der Waals surface area contributed by atoms with E-state index in [9.17, 15) is 4.39 Å². The Morgan fingerprint density at radius 2 is 2.00 bits per heavy atom. The van der Waals surface area contributed by atoms with Gasteiger partial charge in [-0.25, -0.2) is 9.37 Å². The molecule has 1 heterocycles. The lowest BCUT2D eigenvalue weighted by atomic mass is 10.1. The molecule has 0 aliphatic carbocycles. The molecule has 0 saturated carbocycles. The topological polar surface area (TPSA) is 43.4 Å². The summed E-state index contributed by atoms with van der Waals surface area (Å²) >= 11 is 0. The van der Waals surface area contributed by atoms with E-state index in [1.54, 1.807) is 31.5 Å². The summed E-state index contributed by atoms with van der Waals surface area (Å²) in [4.78, 5) is 4.14. The summed E-state index contributed by atoms with van der Waals surface area (Å²) in [6.07, 6.45) is 1.74. The van der Waals surface area contributed by atoms with E-state index in [4.69, 9.17) is 9.47 Å². The van der Waals surface area contributed by atoms with Crippen molar-refractivity contribution in [1.82, 2.24) is 10.3 Å². The lowest BCUT2D eigenvalue weighted by Gasteiger charge is -2.15. The van der Waals surface area contributed by atoms with E-state index in [1.165, 1.54) is 13.2 Å². The van der Waals surface area contributed by atoms with Crippen molar-refractivity contribution < 1.29 is 13.9 Å². The van der Waals surface area contributed by atoms with E-state index >= 15 is 0 Å². The number of hydrogen-bond acceptors (Lipinski definition) is 4. The number of ether oxygens (including phenoxy) is 2. The number of pyridine rings is 1. The van der Waals surface area contributed by atoms with Gasteiger partial charge in [-0.2, -0.15) is 0 Å². The minimum Gasteiger partial charge on any atom is -0.497 e. The van der Waals surface area contributed by atoms with Crippen molar-refractivity contribution in [3.63, 3.8) is 0 Å². The zero-order valence-corrected chi connectivity index (χ0v) is 12.4. The first-order valence-electron chi connectivity index (χ1n) is 6.69. The number of nitrogens with one attached hydrogen (secondary N) is 1. The maximum atomic E-state index is 14.0. The molecule has 4 nitrogen and oxygen atoms in total. The number of methoxy groups -OCH3 is 2. The van der Waals surface area contributed by atoms with Gasteiger partial charge in [0.1, 0.15) is 11.6 Å². The summed E-state index contributed by atoms with van der Waals surface area (Å²) < 4.78 is 24.0. The van der Waals surface area contributed by atoms with Gasteiger partial charge in [-0.05, 0) is 18.6 Å². The Bertz CT molecular complexity index is 587. The molecular weight excluding hydrogens is 271 g/mol. The molecule has 1 aromatic heterocycles. The Balaban J connectivity index is 1.99. The van der Waals surface area contributed by atoms with Crippen LogP contribution in [0.5, 0.6) is 11.6 Å². The largest absolute Gasteiger partial charge is 0.497 e. The van der Waals surface area contributed by atoms with Gasteiger partial charge in [-0.1, -0.05) is 12.1 Å². The lowest BCUT2D eigenvalue weighted by molar-refractivity contribution is 0.397. The second-order valence-electron chi connectivity index (χ2n) is 4.70. The predicted molar refractivity (Wildman–Crippen MR) is 79.0 cm³/mol. The zero-order chi connectivity index (χ0) is 15.2. The summed E-state index contributed by atoms with van der Waals surface area (Å²) in [5.41, 5.74) is 1.62. The highest BCUT2D eigenvalue weighted by Crippen LogP contribution is 2.22. The SMILES string of the molecule is COc1ccc(C(C)NCc2ccc(OC)nc2)c(F)c1. The van der Waals surface area contributed by atoms with E-state index in [1.807, 2.05) is 13.0 Å². The van der Waals surface area contributed by atoms with Gasteiger partial charge in [-0.15, -0.1) is 0 Å². The first-order valence-corrected chi connectivity index (χ1v) is 6.69. The van der Waals surface area contributed by atoms with Gasteiger partial charge in [0.25, 0.3) is 0 Å². The molecule has 0 aliphatic heterocycles. The van der Waals surface area contributed by atoms with E-state index in [0.29, 0.717) is 23.7 Å². The van der Waals surface area contributed by atoms with E-state index < -0.39 is 0 Å². The monoisotopic (exact) mass is 290 g/mol. The molecule has 1 atom stereocenters. The molecule has 2 rings (SSSR count). The Labute approximate surface area is 123 Å². The first-order chi connectivity index (χ1) is 10.1. The van der Waals surface area contributed by atoms with Crippen molar-refractivity contribution >= 4 is 0 Å².